The lowest BCUT2D eigenvalue weighted by molar-refractivity contribution is 0.0499. The summed E-state index contributed by atoms with van der Waals surface area (Å²) in [6.45, 7) is 0. The third kappa shape index (κ3) is 2.70. The molecule has 3 nitrogen and oxygen atoms in total. The van der Waals surface area contributed by atoms with Gasteiger partial charge >= 0.3 is 5.97 Å². The van der Waals surface area contributed by atoms with Crippen LogP contribution in [-0.4, -0.2) is 11.7 Å². The van der Waals surface area contributed by atoms with Crippen molar-refractivity contribution in [3.05, 3.63) is 35.9 Å². The molecular formula is C16H19NO2. The number of carbonyl (C=O) groups is 1. The Balaban J connectivity index is 1.53. The van der Waals surface area contributed by atoms with Crippen molar-refractivity contribution in [2.24, 2.45) is 10.6 Å². The van der Waals surface area contributed by atoms with Crippen LogP contribution >= 0.6 is 0 Å². The van der Waals surface area contributed by atoms with E-state index in [0.29, 0.717) is 11.0 Å². The van der Waals surface area contributed by atoms with Gasteiger partial charge in [0.1, 0.15) is 0 Å². The van der Waals surface area contributed by atoms with Crippen LogP contribution in [-0.2, 0) is 4.84 Å². The number of hydrogen-bond acceptors (Lipinski definition) is 3. The highest BCUT2D eigenvalue weighted by molar-refractivity contribution is 5.93. The van der Waals surface area contributed by atoms with E-state index < -0.39 is 0 Å². The predicted octanol–water partition coefficient (Wildman–Crippen LogP) is 3.94. The highest BCUT2D eigenvalue weighted by Crippen LogP contribution is 2.50. The molecule has 0 N–H and O–H groups in total. The fourth-order valence-electron chi connectivity index (χ4n) is 3.27. The number of carbonyl (C=O) groups excluding carboxylic acids is 1. The van der Waals surface area contributed by atoms with E-state index in [9.17, 15) is 4.79 Å². The van der Waals surface area contributed by atoms with Gasteiger partial charge in [0, 0.05) is 0 Å². The Kier molecular flexibility index (Phi) is 3.36. The Morgan fingerprint density at radius 3 is 2.42 bits per heavy atom. The molecule has 2 saturated carbocycles. The Morgan fingerprint density at radius 2 is 1.74 bits per heavy atom. The minimum absolute atomic E-state index is 0.363. The van der Waals surface area contributed by atoms with Crippen LogP contribution in [0.3, 0.4) is 0 Å². The van der Waals surface area contributed by atoms with Crippen molar-refractivity contribution >= 4 is 11.7 Å². The summed E-state index contributed by atoms with van der Waals surface area (Å²) in [4.78, 5) is 16.7. The van der Waals surface area contributed by atoms with Crippen LogP contribution in [0.4, 0.5) is 0 Å². The Morgan fingerprint density at radius 1 is 1.05 bits per heavy atom. The van der Waals surface area contributed by atoms with Crippen LogP contribution in [0, 0.1) is 5.41 Å². The van der Waals surface area contributed by atoms with Gasteiger partial charge in [0.25, 0.3) is 0 Å². The average molecular weight is 257 g/mol. The van der Waals surface area contributed by atoms with Crippen molar-refractivity contribution in [3.8, 4) is 0 Å². The molecule has 3 rings (SSSR count). The minimum atomic E-state index is -0.363. The molecule has 0 heterocycles. The summed E-state index contributed by atoms with van der Waals surface area (Å²) in [5.41, 5.74) is 2.10. The zero-order valence-corrected chi connectivity index (χ0v) is 11.1. The monoisotopic (exact) mass is 257 g/mol. The van der Waals surface area contributed by atoms with Crippen LogP contribution in [0.15, 0.2) is 35.5 Å². The third-order valence-corrected chi connectivity index (χ3v) is 4.34. The largest absolute Gasteiger partial charge is 0.365 e. The van der Waals surface area contributed by atoms with E-state index in [-0.39, 0.29) is 5.97 Å². The van der Waals surface area contributed by atoms with Gasteiger partial charge in [-0.15, -0.1) is 0 Å². The molecule has 2 aliphatic rings. The summed E-state index contributed by atoms with van der Waals surface area (Å²) in [7, 11) is 0. The summed E-state index contributed by atoms with van der Waals surface area (Å²) in [5, 5.41) is 4.02. The third-order valence-electron chi connectivity index (χ3n) is 4.34. The molecule has 0 aromatic heterocycles. The van der Waals surface area contributed by atoms with Gasteiger partial charge in [-0.2, -0.15) is 0 Å². The number of benzene rings is 1. The second-order valence-electron chi connectivity index (χ2n) is 5.82. The average Bonchev–Trinajstić information content (AvgIpc) is 2.44. The van der Waals surface area contributed by atoms with E-state index in [2.05, 4.69) is 5.16 Å². The highest BCUT2D eigenvalue weighted by Gasteiger charge is 2.42. The van der Waals surface area contributed by atoms with Gasteiger partial charge < -0.3 is 4.84 Å². The van der Waals surface area contributed by atoms with Crippen LogP contribution < -0.4 is 0 Å². The van der Waals surface area contributed by atoms with Gasteiger partial charge in [0.15, 0.2) is 0 Å². The van der Waals surface area contributed by atoms with Crippen molar-refractivity contribution in [2.75, 3.05) is 0 Å². The second-order valence-corrected chi connectivity index (χ2v) is 5.82. The SMILES string of the molecule is O=C(ON=C1CC2(CCCCC2)C1)c1ccccc1. The first-order chi connectivity index (χ1) is 9.27. The molecule has 19 heavy (non-hydrogen) atoms. The molecule has 100 valence electrons. The fraction of sp³-hybridized carbons (Fsp3) is 0.500. The summed E-state index contributed by atoms with van der Waals surface area (Å²) < 4.78 is 0. The molecular weight excluding hydrogens is 238 g/mol. The Hall–Kier alpha value is -1.64. The zero-order chi connectivity index (χ0) is 13.1. The van der Waals surface area contributed by atoms with Crippen molar-refractivity contribution in [1.29, 1.82) is 0 Å². The van der Waals surface area contributed by atoms with Crippen molar-refractivity contribution < 1.29 is 9.63 Å². The molecule has 0 aliphatic heterocycles. The van der Waals surface area contributed by atoms with E-state index in [1.165, 1.54) is 32.1 Å². The first kappa shape index (κ1) is 12.4. The van der Waals surface area contributed by atoms with Gasteiger partial charge in [0.05, 0.1) is 11.3 Å². The number of nitrogens with zero attached hydrogens (tertiary/aromatic N) is 1. The second kappa shape index (κ2) is 5.16. The maximum absolute atomic E-state index is 11.7. The molecule has 2 fully saturated rings. The number of oxime groups is 1. The number of hydrogen-bond donors (Lipinski definition) is 0. The number of rotatable bonds is 2. The van der Waals surface area contributed by atoms with Gasteiger partial charge in [-0.05, 0) is 43.2 Å². The Bertz CT molecular complexity index is 477. The lowest BCUT2D eigenvalue weighted by Crippen LogP contribution is -2.39. The molecule has 0 radical (unpaired) electrons. The van der Waals surface area contributed by atoms with Gasteiger partial charge in [-0.1, -0.05) is 42.6 Å². The standard InChI is InChI=1S/C16H19NO2/c18-15(13-7-3-1-4-8-13)19-17-14-11-16(12-14)9-5-2-6-10-16/h1,3-4,7-8H,2,5-6,9-12H2. The first-order valence-corrected chi connectivity index (χ1v) is 7.10. The van der Waals surface area contributed by atoms with Crippen LogP contribution in [0.5, 0.6) is 0 Å². The van der Waals surface area contributed by atoms with Crippen LogP contribution in [0.1, 0.15) is 55.3 Å². The quantitative estimate of drug-likeness (QED) is 0.594. The lowest BCUT2D eigenvalue weighted by Gasteiger charge is -2.45. The molecule has 1 aromatic carbocycles. The smallest absolute Gasteiger partial charge is 0.313 e. The van der Waals surface area contributed by atoms with E-state index in [4.69, 9.17) is 4.84 Å². The Labute approximate surface area is 113 Å². The van der Waals surface area contributed by atoms with Crippen molar-refractivity contribution in [3.63, 3.8) is 0 Å². The normalized spacial score (nSPS) is 20.7. The molecule has 0 atom stereocenters. The summed E-state index contributed by atoms with van der Waals surface area (Å²) in [6.07, 6.45) is 8.74. The molecule has 0 unspecified atom stereocenters. The first-order valence-electron chi connectivity index (χ1n) is 7.10. The van der Waals surface area contributed by atoms with E-state index >= 15 is 0 Å². The molecule has 0 amide bonds. The molecule has 0 bridgehead atoms. The highest BCUT2D eigenvalue weighted by atomic mass is 16.7. The van der Waals surface area contributed by atoms with Gasteiger partial charge in [0.2, 0.25) is 0 Å². The van der Waals surface area contributed by atoms with E-state index in [0.717, 1.165) is 18.6 Å². The molecule has 1 spiro atoms. The van der Waals surface area contributed by atoms with Crippen LogP contribution in [0.25, 0.3) is 0 Å². The van der Waals surface area contributed by atoms with E-state index in [1.807, 2.05) is 18.2 Å². The van der Waals surface area contributed by atoms with Crippen LogP contribution in [0.2, 0.25) is 0 Å². The molecule has 0 saturated heterocycles. The minimum Gasteiger partial charge on any atom is -0.313 e. The molecule has 3 heteroatoms. The van der Waals surface area contributed by atoms with Gasteiger partial charge in [-0.25, -0.2) is 4.79 Å². The van der Waals surface area contributed by atoms with Crippen molar-refractivity contribution in [1.82, 2.24) is 0 Å². The summed E-state index contributed by atoms with van der Waals surface area (Å²) in [6, 6.07) is 9.01. The lowest BCUT2D eigenvalue weighted by atomic mass is 9.60. The summed E-state index contributed by atoms with van der Waals surface area (Å²) in [5.74, 6) is -0.363. The summed E-state index contributed by atoms with van der Waals surface area (Å²) >= 11 is 0. The maximum atomic E-state index is 11.7. The molecule has 2 aliphatic carbocycles. The maximum Gasteiger partial charge on any atom is 0.365 e. The zero-order valence-electron chi connectivity index (χ0n) is 11.1. The fourth-order valence-corrected chi connectivity index (χ4v) is 3.27. The van der Waals surface area contributed by atoms with E-state index in [1.54, 1.807) is 12.1 Å². The predicted molar refractivity (Wildman–Crippen MR) is 74.0 cm³/mol. The topological polar surface area (TPSA) is 38.7 Å². The van der Waals surface area contributed by atoms with Crippen molar-refractivity contribution in [2.45, 2.75) is 44.9 Å². The molecule has 1 aromatic rings. The van der Waals surface area contributed by atoms with Gasteiger partial charge in [-0.3, -0.25) is 0 Å².